The van der Waals surface area contributed by atoms with Gasteiger partial charge in [0.1, 0.15) is 29.7 Å². The molecular formula is C50H49N5O8S. The Kier molecular flexibility index (Phi) is 12.7. The highest BCUT2D eigenvalue weighted by Crippen LogP contribution is 2.57. The number of hydrogen-bond donors (Lipinski definition) is 4. The smallest absolute Gasteiger partial charge is 0.312 e. The summed E-state index contributed by atoms with van der Waals surface area (Å²) in [6.45, 7) is 6.78. The molecule has 0 spiro atoms. The van der Waals surface area contributed by atoms with Crippen LogP contribution >= 0.6 is 11.3 Å². The van der Waals surface area contributed by atoms with E-state index in [0.717, 1.165) is 71.9 Å². The van der Waals surface area contributed by atoms with Crippen molar-refractivity contribution in [3.05, 3.63) is 159 Å². The molecule has 4 N–H and O–H groups in total. The lowest BCUT2D eigenvalue weighted by atomic mass is 9.93. The second kappa shape index (κ2) is 18.5. The highest BCUT2D eigenvalue weighted by atomic mass is 32.1. The zero-order valence-corrected chi connectivity index (χ0v) is 36.8. The number of carbonyl (C=O) groups excluding carboxylic acids is 3. The number of fused-ring (bicyclic) bond motifs is 2. The fourth-order valence-corrected chi connectivity index (χ4v) is 9.79. The lowest BCUT2D eigenvalue weighted by Crippen LogP contribution is -2.30. The van der Waals surface area contributed by atoms with Gasteiger partial charge in [0.05, 0.1) is 35.4 Å². The van der Waals surface area contributed by atoms with E-state index in [4.69, 9.17) is 24.6 Å². The first kappa shape index (κ1) is 43.9. The van der Waals surface area contributed by atoms with Crippen molar-refractivity contribution >= 4 is 50.9 Å². The maximum Gasteiger partial charge on any atom is 0.312 e. The lowest BCUT2D eigenvalue weighted by molar-refractivity contribution is -0.149. The molecule has 0 saturated heterocycles. The zero-order chi connectivity index (χ0) is 45.0. The molecule has 9 rings (SSSR count). The van der Waals surface area contributed by atoms with Crippen LogP contribution in [0.25, 0.3) is 21.8 Å². The number of aryl methyl sites for hydroxylation is 3. The van der Waals surface area contributed by atoms with Gasteiger partial charge in [0.25, 0.3) is 0 Å². The Labute approximate surface area is 374 Å². The van der Waals surface area contributed by atoms with Gasteiger partial charge in [-0.3, -0.25) is 34.8 Å². The first-order valence-corrected chi connectivity index (χ1v) is 21.9. The van der Waals surface area contributed by atoms with Crippen LogP contribution in [-0.4, -0.2) is 50.3 Å². The third kappa shape index (κ3) is 9.30. The number of carbonyl (C=O) groups is 3. The first-order valence-electron chi connectivity index (χ1n) is 21.0. The normalized spacial score (nSPS) is 19.5. The van der Waals surface area contributed by atoms with Crippen LogP contribution in [0, 0.1) is 38.0 Å². The minimum atomic E-state index is -0.933. The molecule has 14 heteroatoms. The topological polar surface area (TPSA) is 182 Å². The van der Waals surface area contributed by atoms with Crippen molar-refractivity contribution in [2.45, 2.75) is 65.1 Å². The van der Waals surface area contributed by atoms with Crippen LogP contribution < -0.4 is 20.4 Å². The minimum absolute atomic E-state index is 0.271. The molecule has 0 unspecified atom stereocenters. The minimum Gasteiger partial charge on any atom is -0.489 e. The molecule has 0 aliphatic heterocycles. The number of thiazole rings is 1. The van der Waals surface area contributed by atoms with Crippen LogP contribution in [0.4, 0.5) is 0 Å². The molecule has 7 aromatic rings. The highest BCUT2D eigenvalue weighted by molar-refractivity contribution is 7.09. The third-order valence-electron chi connectivity index (χ3n) is 12.2. The number of hydroxylamine groups is 2. The number of benzene rings is 4. The lowest BCUT2D eigenvalue weighted by Gasteiger charge is -2.15. The average molecular weight is 880 g/mol. The number of pyridine rings is 2. The number of esters is 1. The number of amides is 2. The van der Waals surface area contributed by atoms with Crippen molar-refractivity contribution in [1.82, 2.24) is 25.9 Å². The number of methoxy groups -OCH3 is 1. The Hall–Kier alpha value is -6.74. The predicted octanol–water partition coefficient (Wildman–Crippen LogP) is 8.24. The van der Waals surface area contributed by atoms with E-state index in [-0.39, 0.29) is 17.2 Å². The van der Waals surface area contributed by atoms with E-state index in [0.29, 0.717) is 44.6 Å². The van der Waals surface area contributed by atoms with E-state index < -0.39 is 23.2 Å². The summed E-state index contributed by atoms with van der Waals surface area (Å²) in [5.41, 5.74) is 11.1. The molecule has 13 nitrogen and oxygen atoms in total. The Morgan fingerprint density at radius 3 is 1.64 bits per heavy atom. The van der Waals surface area contributed by atoms with Crippen LogP contribution in [-0.2, 0) is 50.6 Å². The van der Waals surface area contributed by atoms with Crippen LogP contribution in [0.15, 0.2) is 115 Å². The van der Waals surface area contributed by atoms with Crippen molar-refractivity contribution in [3.63, 3.8) is 0 Å². The molecule has 64 heavy (non-hydrogen) atoms. The molecule has 4 atom stereocenters. The summed E-state index contributed by atoms with van der Waals surface area (Å²) in [5, 5.41) is 23.1. The van der Waals surface area contributed by atoms with Gasteiger partial charge >= 0.3 is 5.97 Å². The quantitative estimate of drug-likeness (QED) is 0.0469. The van der Waals surface area contributed by atoms with E-state index in [1.54, 1.807) is 16.8 Å². The summed E-state index contributed by atoms with van der Waals surface area (Å²) >= 11 is 1.58. The summed E-state index contributed by atoms with van der Waals surface area (Å²) in [6.07, 6.45) is 2.07. The monoisotopic (exact) mass is 879 g/mol. The summed E-state index contributed by atoms with van der Waals surface area (Å²) < 4.78 is 17.0. The van der Waals surface area contributed by atoms with Gasteiger partial charge < -0.3 is 14.2 Å². The van der Waals surface area contributed by atoms with Crippen molar-refractivity contribution in [2.24, 2.45) is 17.3 Å². The fourth-order valence-electron chi connectivity index (χ4n) is 8.73. The van der Waals surface area contributed by atoms with Gasteiger partial charge in [-0.25, -0.2) is 15.9 Å². The van der Waals surface area contributed by atoms with E-state index >= 15 is 0 Å². The number of para-hydroxylation sites is 2. The van der Waals surface area contributed by atoms with Gasteiger partial charge in [0.15, 0.2) is 0 Å². The molecule has 0 bridgehead atoms. The molecule has 3 aromatic heterocycles. The number of aromatic nitrogens is 3. The second-order valence-corrected chi connectivity index (χ2v) is 17.5. The number of nitrogens with zero attached hydrogens (tertiary/aromatic N) is 3. The van der Waals surface area contributed by atoms with Crippen LogP contribution in [0.2, 0.25) is 0 Å². The molecule has 2 amide bonds. The first-order chi connectivity index (χ1) is 30.9. The molecule has 2 aliphatic carbocycles. The highest BCUT2D eigenvalue weighted by Gasteiger charge is 2.64. The number of rotatable bonds is 14. The van der Waals surface area contributed by atoms with Crippen LogP contribution in [0.3, 0.4) is 0 Å². The van der Waals surface area contributed by atoms with E-state index in [2.05, 4.69) is 27.1 Å². The third-order valence-corrected chi connectivity index (χ3v) is 13.4. The Morgan fingerprint density at radius 1 is 0.656 bits per heavy atom. The summed E-state index contributed by atoms with van der Waals surface area (Å²) in [4.78, 5) is 50.0. The summed E-state index contributed by atoms with van der Waals surface area (Å²) in [6, 6.07) is 35.6. The number of ether oxygens (including phenoxy) is 3. The summed E-state index contributed by atoms with van der Waals surface area (Å²) in [5.74, 6) is -0.725. The van der Waals surface area contributed by atoms with Gasteiger partial charge in [0.2, 0.25) is 11.8 Å². The van der Waals surface area contributed by atoms with E-state index in [1.165, 1.54) is 7.11 Å². The Balaban J connectivity index is 0.000000175. The van der Waals surface area contributed by atoms with Crippen molar-refractivity contribution in [2.75, 3.05) is 7.11 Å². The van der Waals surface area contributed by atoms with E-state index in [1.807, 2.05) is 129 Å². The van der Waals surface area contributed by atoms with Crippen LogP contribution in [0.1, 0.15) is 57.2 Å². The van der Waals surface area contributed by atoms with Gasteiger partial charge in [-0.1, -0.05) is 60.7 Å². The Bertz CT molecular complexity index is 2830. The maximum absolute atomic E-state index is 12.3. The van der Waals surface area contributed by atoms with Crippen molar-refractivity contribution in [3.8, 4) is 11.5 Å². The Morgan fingerprint density at radius 2 is 1.16 bits per heavy atom. The van der Waals surface area contributed by atoms with Crippen molar-refractivity contribution < 1.29 is 39.0 Å². The van der Waals surface area contributed by atoms with Gasteiger partial charge in [-0.15, -0.1) is 11.3 Å². The molecular weight excluding hydrogens is 831 g/mol. The largest absolute Gasteiger partial charge is 0.489 e. The average Bonchev–Trinajstić information content (AvgIpc) is 4.19. The molecule has 4 aromatic carbocycles. The number of nitrogens with one attached hydrogen (secondary N) is 2. The zero-order valence-electron chi connectivity index (χ0n) is 36.0. The molecule has 0 radical (unpaired) electrons. The standard InChI is InChI=1S/C26H25N3O3S.C24H24N2O5/c1-16-11-19(21-5-3-4-6-23(21)27-16)14-32-20-9-7-18(8-10-20)12-26(13-22(26)24(30)29-31)25-28-17(2)15-33-25;1-15-11-17(19-5-3-4-6-21(19)25-15)14-31-18-9-7-16(8-10-18)12-24(23(28)30-2)13-20(24)22(27)26-29/h3-11,15,22,31H,12-14H2,1-2H3,(H,29,30);3-11,20,29H,12-14H2,1-2H3,(H,26,27)/t22-,26+;20-,24+/m11/s1. The maximum atomic E-state index is 12.3. The van der Waals surface area contributed by atoms with Gasteiger partial charge in [-0.05, 0) is 106 Å². The molecule has 2 aliphatic rings. The molecule has 328 valence electrons. The molecule has 2 fully saturated rings. The van der Waals surface area contributed by atoms with Crippen LogP contribution in [0.5, 0.6) is 11.5 Å². The predicted molar refractivity (Wildman–Crippen MR) is 241 cm³/mol. The number of hydrogen-bond acceptors (Lipinski definition) is 12. The SMILES string of the molecule is COC(=O)[C@@]1(Cc2ccc(OCc3cc(C)nc4ccccc34)cc2)C[C@@H]1C(=O)NO.Cc1csc([C@@]2(Cc3ccc(OCc4cc(C)nc5ccccc45)cc3)C[C@@H]2C(=O)NO)n1. The van der Waals surface area contributed by atoms with Crippen molar-refractivity contribution in [1.29, 1.82) is 0 Å². The molecule has 2 saturated carbocycles. The van der Waals surface area contributed by atoms with Gasteiger partial charge in [0, 0.05) is 49.8 Å². The molecule has 3 heterocycles. The summed E-state index contributed by atoms with van der Waals surface area (Å²) in [7, 11) is 1.30. The second-order valence-electron chi connectivity index (χ2n) is 16.7. The fraction of sp³-hybridized carbons (Fsp3) is 0.280. The van der Waals surface area contributed by atoms with Gasteiger partial charge in [-0.2, -0.15) is 0 Å². The van der Waals surface area contributed by atoms with E-state index in [9.17, 15) is 14.4 Å².